The summed E-state index contributed by atoms with van der Waals surface area (Å²) in [5, 5.41) is 13.3. The molecule has 1 N–H and O–H groups in total. The van der Waals surface area contributed by atoms with E-state index >= 15 is 0 Å². The molecular formula is C15H15FN6O3. The lowest BCUT2D eigenvalue weighted by Gasteiger charge is -2.34. The van der Waals surface area contributed by atoms with E-state index < -0.39 is 10.7 Å². The Balaban J connectivity index is 1.54. The van der Waals surface area contributed by atoms with Crippen LogP contribution in [0.3, 0.4) is 0 Å². The van der Waals surface area contributed by atoms with Crippen molar-refractivity contribution in [2.75, 3.05) is 36.4 Å². The Morgan fingerprint density at radius 1 is 1.12 bits per heavy atom. The van der Waals surface area contributed by atoms with E-state index in [1.165, 1.54) is 24.3 Å². The number of hydrogen-bond acceptors (Lipinski definition) is 6. The number of benzene rings is 1. The first-order valence-corrected chi connectivity index (χ1v) is 7.56. The van der Waals surface area contributed by atoms with Crippen molar-refractivity contribution in [2.45, 2.75) is 0 Å². The molecule has 2 aromatic rings. The van der Waals surface area contributed by atoms with Crippen molar-refractivity contribution < 1.29 is 14.1 Å². The van der Waals surface area contributed by atoms with Gasteiger partial charge in [-0.25, -0.2) is 19.2 Å². The molecule has 2 heterocycles. The maximum atomic E-state index is 12.9. The number of anilines is 2. The molecule has 1 saturated heterocycles. The lowest BCUT2D eigenvalue weighted by Crippen LogP contribution is -2.50. The molecule has 10 heteroatoms. The Hall–Kier alpha value is -3.30. The van der Waals surface area contributed by atoms with Gasteiger partial charge in [0, 0.05) is 44.0 Å². The third kappa shape index (κ3) is 3.97. The second kappa shape index (κ2) is 7.07. The highest BCUT2D eigenvalue weighted by Crippen LogP contribution is 2.16. The van der Waals surface area contributed by atoms with E-state index in [4.69, 9.17) is 0 Å². The van der Waals surface area contributed by atoms with Crippen LogP contribution in [0.1, 0.15) is 0 Å². The van der Waals surface area contributed by atoms with Crippen LogP contribution in [0.25, 0.3) is 0 Å². The van der Waals surface area contributed by atoms with E-state index in [0.29, 0.717) is 37.8 Å². The van der Waals surface area contributed by atoms with E-state index in [-0.39, 0.29) is 11.7 Å². The number of nitrogens with one attached hydrogen (secondary N) is 1. The Morgan fingerprint density at radius 3 is 2.28 bits per heavy atom. The maximum absolute atomic E-state index is 12.9. The minimum atomic E-state index is -0.498. The summed E-state index contributed by atoms with van der Waals surface area (Å²) in [7, 11) is 0. The summed E-state index contributed by atoms with van der Waals surface area (Å²) >= 11 is 0. The van der Waals surface area contributed by atoms with Gasteiger partial charge in [-0.1, -0.05) is 0 Å². The van der Waals surface area contributed by atoms with E-state index in [2.05, 4.69) is 15.3 Å². The van der Waals surface area contributed by atoms with Crippen molar-refractivity contribution in [3.8, 4) is 0 Å². The number of rotatable bonds is 3. The molecule has 1 aliphatic heterocycles. The number of nitro benzene ring substituents is 1. The highest BCUT2D eigenvalue weighted by Gasteiger charge is 2.22. The number of carbonyl (C=O) groups excluding carboxylic acids is 1. The smallest absolute Gasteiger partial charge is 0.321 e. The first-order chi connectivity index (χ1) is 12.0. The van der Waals surface area contributed by atoms with Crippen LogP contribution in [-0.4, -0.2) is 52.0 Å². The zero-order valence-corrected chi connectivity index (χ0v) is 13.1. The number of carbonyl (C=O) groups is 1. The molecule has 0 atom stereocenters. The van der Waals surface area contributed by atoms with Gasteiger partial charge in [-0.2, -0.15) is 0 Å². The Labute approximate surface area is 142 Å². The molecule has 1 aromatic heterocycles. The maximum Gasteiger partial charge on any atom is 0.321 e. The topological polar surface area (TPSA) is 104 Å². The fourth-order valence-electron chi connectivity index (χ4n) is 2.45. The van der Waals surface area contributed by atoms with Crippen molar-refractivity contribution in [3.63, 3.8) is 0 Å². The van der Waals surface area contributed by atoms with Gasteiger partial charge >= 0.3 is 6.03 Å². The molecule has 0 saturated carbocycles. The number of nitro groups is 1. The zero-order valence-electron chi connectivity index (χ0n) is 13.1. The minimum absolute atomic E-state index is 0.0362. The molecule has 130 valence electrons. The number of non-ortho nitro benzene ring substituents is 1. The Bertz CT molecular complexity index is 760. The highest BCUT2D eigenvalue weighted by atomic mass is 19.1. The molecule has 25 heavy (non-hydrogen) atoms. The van der Waals surface area contributed by atoms with Crippen molar-refractivity contribution in [3.05, 3.63) is 52.6 Å². The SMILES string of the molecule is O=C(Nc1ccc([N+](=O)[O-])cc1)N1CCN(c2ncc(F)cn2)CC1. The van der Waals surface area contributed by atoms with Crippen LogP contribution in [0.15, 0.2) is 36.7 Å². The Kier molecular flexibility index (Phi) is 4.68. The van der Waals surface area contributed by atoms with Crippen LogP contribution in [0.4, 0.5) is 26.5 Å². The van der Waals surface area contributed by atoms with Gasteiger partial charge < -0.3 is 15.1 Å². The molecule has 0 bridgehead atoms. The van der Waals surface area contributed by atoms with Crippen molar-refractivity contribution in [2.24, 2.45) is 0 Å². The van der Waals surface area contributed by atoms with E-state index in [1.807, 2.05) is 4.90 Å². The van der Waals surface area contributed by atoms with E-state index in [1.54, 1.807) is 4.90 Å². The van der Waals surface area contributed by atoms with Crippen molar-refractivity contribution in [1.29, 1.82) is 0 Å². The molecule has 0 aliphatic carbocycles. The second-order valence-corrected chi connectivity index (χ2v) is 5.41. The van der Waals surface area contributed by atoms with Crippen LogP contribution in [-0.2, 0) is 0 Å². The van der Waals surface area contributed by atoms with Crippen molar-refractivity contribution >= 4 is 23.4 Å². The number of amides is 2. The first-order valence-electron chi connectivity index (χ1n) is 7.56. The number of urea groups is 1. The molecule has 1 aliphatic rings. The van der Waals surface area contributed by atoms with Gasteiger partial charge in [-0.15, -0.1) is 0 Å². The predicted octanol–water partition coefficient (Wildman–Crippen LogP) is 1.88. The van der Waals surface area contributed by atoms with Crippen LogP contribution in [0, 0.1) is 15.9 Å². The summed E-state index contributed by atoms with van der Waals surface area (Å²) in [6, 6.07) is 5.35. The van der Waals surface area contributed by atoms with Gasteiger partial charge in [0.25, 0.3) is 5.69 Å². The van der Waals surface area contributed by atoms with E-state index in [9.17, 15) is 19.3 Å². The lowest BCUT2D eigenvalue weighted by atomic mass is 10.3. The van der Waals surface area contributed by atoms with Gasteiger partial charge in [0.05, 0.1) is 17.3 Å². The standard InChI is InChI=1S/C15H15FN6O3/c16-11-9-17-14(18-10-11)20-5-7-21(8-6-20)15(23)19-12-1-3-13(4-2-12)22(24)25/h1-4,9-10H,5-8H2,(H,19,23). The van der Waals surface area contributed by atoms with Gasteiger partial charge in [0.2, 0.25) is 5.95 Å². The number of hydrogen-bond donors (Lipinski definition) is 1. The van der Waals surface area contributed by atoms with Crippen molar-refractivity contribution in [1.82, 2.24) is 14.9 Å². The third-order valence-electron chi connectivity index (χ3n) is 3.79. The van der Waals surface area contributed by atoms with Gasteiger partial charge in [-0.3, -0.25) is 10.1 Å². The lowest BCUT2D eigenvalue weighted by molar-refractivity contribution is -0.384. The van der Waals surface area contributed by atoms with Crippen LogP contribution < -0.4 is 10.2 Å². The molecule has 0 unspecified atom stereocenters. The minimum Gasteiger partial charge on any atom is -0.337 e. The van der Waals surface area contributed by atoms with Crippen LogP contribution >= 0.6 is 0 Å². The van der Waals surface area contributed by atoms with Gasteiger partial charge in [-0.05, 0) is 12.1 Å². The molecule has 1 aromatic carbocycles. The molecule has 0 radical (unpaired) electrons. The van der Waals surface area contributed by atoms with Crippen LogP contribution in [0.5, 0.6) is 0 Å². The summed E-state index contributed by atoms with van der Waals surface area (Å²) in [5.74, 6) is -0.0679. The highest BCUT2D eigenvalue weighted by molar-refractivity contribution is 5.89. The number of piperazine rings is 1. The van der Waals surface area contributed by atoms with E-state index in [0.717, 1.165) is 12.4 Å². The zero-order chi connectivity index (χ0) is 17.8. The summed E-state index contributed by atoms with van der Waals surface area (Å²) in [4.78, 5) is 33.7. The molecule has 1 fully saturated rings. The normalized spacial score (nSPS) is 14.3. The number of nitrogens with zero attached hydrogens (tertiary/aromatic N) is 5. The molecule has 2 amide bonds. The molecule has 3 rings (SSSR count). The quantitative estimate of drug-likeness (QED) is 0.672. The Morgan fingerprint density at radius 2 is 1.72 bits per heavy atom. The summed E-state index contributed by atoms with van der Waals surface area (Å²) in [6.07, 6.45) is 2.21. The van der Waals surface area contributed by atoms with Gasteiger partial charge in [0.1, 0.15) is 0 Å². The average Bonchev–Trinajstić information content (AvgIpc) is 2.63. The summed E-state index contributed by atoms with van der Waals surface area (Å²) < 4.78 is 12.9. The molecule has 9 nitrogen and oxygen atoms in total. The average molecular weight is 346 g/mol. The fraction of sp³-hybridized carbons (Fsp3) is 0.267. The second-order valence-electron chi connectivity index (χ2n) is 5.41. The fourth-order valence-corrected chi connectivity index (χ4v) is 2.45. The summed E-state index contributed by atoms with van der Waals surface area (Å²) in [6.45, 7) is 1.97. The first kappa shape index (κ1) is 16.6. The predicted molar refractivity (Wildman–Crippen MR) is 87.9 cm³/mol. The van der Waals surface area contributed by atoms with Gasteiger partial charge in [0.15, 0.2) is 5.82 Å². The van der Waals surface area contributed by atoms with Crippen LogP contribution in [0.2, 0.25) is 0 Å². The number of halogens is 1. The number of aromatic nitrogens is 2. The molecule has 0 spiro atoms. The summed E-state index contributed by atoms with van der Waals surface area (Å²) in [5.41, 5.74) is 0.450. The monoisotopic (exact) mass is 346 g/mol. The third-order valence-corrected chi connectivity index (χ3v) is 3.79. The largest absolute Gasteiger partial charge is 0.337 e. The molecular weight excluding hydrogens is 331 g/mol.